The Morgan fingerprint density at radius 1 is 1.67 bits per heavy atom. The molecule has 0 aromatic heterocycles. The first-order valence-electron chi connectivity index (χ1n) is 3.96. The van der Waals surface area contributed by atoms with Gasteiger partial charge in [-0.2, -0.15) is 0 Å². The van der Waals surface area contributed by atoms with Gasteiger partial charge in [0.25, 0.3) is 0 Å². The predicted molar refractivity (Wildman–Crippen MR) is 41.6 cm³/mol. The second kappa shape index (κ2) is 3.41. The monoisotopic (exact) mass is 174 g/mol. The molecule has 0 bridgehead atoms. The zero-order valence-corrected chi connectivity index (χ0v) is 7.37. The second-order valence-corrected chi connectivity index (χ2v) is 3.61. The predicted octanol–water partition coefficient (Wildman–Crippen LogP) is -0.0531. The van der Waals surface area contributed by atoms with Crippen molar-refractivity contribution in [3.8, 4) is 0 Å². The summed E-state index contributed by atoms with van der Waals surface area (Å²) in [5, 5.41) is 8.84. The maximum Gasteiger partial charge on any atom is 0.314 e. The molecule has 4 nitrogen and oxygen atoms in total. The molecule has 1 N–H and O–H groups in total. The number of ether oxygens (including phenoxy) is 2. The van der Waals surface area contributed by atoms with Crippen LogP contribution in [0.5, 0.6) is 0 Å². The van der Waals surface area contributed by atoms with Gasteiger partial charge in [0.05, 0.1) is 25.2 Å². The van der Waals surface area contributed by atoms with Crippen LogP contribution < -0.4 is 0 Å². The number of hydrogen-bond acceptors (Lipinski definition) is 4. The van der Waals surface area contributed by atoms with Crippen LogP contribution in [0.25, 0.3) is 0 Å². The molecule has 0 unspecified atom stereocenters. The number of carbonyl (C=O) groups is 1. The quantitative estimate of drug-likeness (QED) is 0.609. The largest absolute Gasteiger partial charge is 0.457 e. The third-order valence-electron chi connectivity index (χ3n) is 1.83. The van der Waals surface area contributed by atoms with Gasteiger partial charge in [-0.05, 0) is 13.8 Å². The van der Waals surface area contributed by atoms with Gasteiger partial charge >= 0.3 is 5.97 Å². The maximum atomic E-state index is 11.3. The van der Waals surface area contributed by atoms with E-state index >= 15 is 0 Å². The van der Waals surface area contributed by atoms with Crippen LogP contribution in [0.1, 0.15) is 13.8 Å². The summed E-state index contributed by atoms with van der Waals surface area (Å²) >= 11 is 0. The Morgan fingerprint density at radius 3 is 2.58 bits per heavy atom. The molecule has 70 valence electrons. The van der Waals surface area contributed by atoms with Gasteiger partial charge in [-0.3, -0.25) is 4.79 Å². The third-order valence-corrected chi connectivity index (χ3v) is 1.83. The number of carbonyl (C=O) groups excluding carboxylic acids is 1. The smallest absolute Gasteiger partial charge is 0.314 e. The number of rotatable bonds is 3. The van der Waals surface area contributed by atoms with Crippen molar-refractivity contribution in [2.45, 2.75) is 20.0 Å². The van der Waals surface area contributed by atoms with Gasteiger partial charge in [0.2, 0.25) is 0 Å². The summed E-state index contributed by atoms with van der Waals surface area (Å²) in [6, 6.07) is 0. The molecule has 0 aromatic rings. The van der Waals surface area contributed by atoms with E-state index in [2.05, 4.69) is 0 Å². The molecule has 1 aliphatic rings. The van der Waals surface area contributed by atoms with Gasteiger partial charge < -0.3 is 14.6 Å². The van der Waals surface area contributed by atoms with E-state index in [9.17, 15) is 4.79 Å². The minimum Gasteiger partial charge on any atom is -0.457 e. The van der Waals surface area contributed by atoms with Crippen LogP contribution in [0.4, 0.5) is 0 Å². The first-order valence-corrected chi connectivity index (χ1v) is 3.96. The van der Waals surface area contributed by atoms with Crippen LogP contribution in [0, 0.1) is 5.41 Å². The molecule has 0 saturated carbocycles. The summed E-state index contributed by atoms with van der Waals surface area (Å²) < 4.78 is 9.86. The van der Waals surface area contributed by atoms with E-state index < -0.39 is 5.41 Å². The highest BCUT2D eigenvalue weighted by molar-refractivity contribution is 5.76. The van der Waals surface area contributed by atoms with E-state index in [-0.39, 0.29) is 18.7 Å². The molecule has 0 aliphatic carbocycles. The summed E-state index contributed by atoms with van der Waals surface area (Å²) in [5.41, 5.74) is -0.796. The molecule has 1 heterocycles. The van der Waals surface area contributed by atoms with E-state index in [1.54, 1.807) is 13.8 Å². The average molecular weight is 174 g/mol. The highest BCUT2D eigenvalue weighted by atomic mass is 16.6. The number of esters is 1. The van der Waals surface area contributed by atoms with Gasteiger partial charge in [-0.25, -0.2) is 0 Å². The van der Waals surface area contributed by atoms with Crippen molar-refractivity contribution in [2.24, 2.45) is 5.41 Å². The molecule has 0 atom stereocenters. The summed E-state index contributed by atoms with van der Waals surface area (Å²) in [4.78, 5) is 11.3. The highest BCUT2D eigenvalue weighted by Crippen LogP contribution is 2.18. The summed E-state index contributed by atoms with van der Waals surface area (Å²) in [6.45, 7) is 4.06. The van der Waals surface area contributed by atoms with Crippen molar-refractivity contribution < 1.29 is 19.4 Å². The fourth-order valence-electron chi connectivity index (χ4n) is 0.658. The highest BCUT2D eigenvalue weighted by Gasteiger charge is 2.32. The Bertz CT molecular complexity index is 172. The lowest BCUT2D eigenvalue weighted by Gasteiger charge is -2.29. The van der Waals surface area contributed by atoms with Crippen molar-refractivity contribution in [3.05, 3.63) is 0 Å². The number of hydrogen-bond donors (Lipinski definition) is 1. The van der Waals surface area contributed by atoms with Gasteiger partial charge in [-0.1, -0.05) is 0 Å². The lowest BCUT2D eigenvalue weighted by Crippen LogP contribution is -2.42. The van der Waals surface area contributed by atoms with E-state index in [1.807, 2.05) is 0 Å². The van der Waals surface area contributed by atoms with E-state index in [0.29, 0.717) is 13.2 Å². The van der Waals surface area contributed by atoms with Crippen molar-refractivity contribution in [1.82, 2.24) is 0 Å². The molecule has 0 radical (unpaired) electrons. The van der Waals surface area contributed by atoms with Gasteiger partial charge in [0.1, 0.15) is 6.10 Å². The summed E-state index contributed by atoms with van der Waals surface area (Å²) in [6.07, 6.45) is -0.108. The van der Waals surface area contributed by atoms with Crippen LogP contribution >= 0.6 is 0 Å². The summed E-state index contributed by atoms with van der Waals surface area (Å²) in [5.74, 6) is -0.363. The molecule has 12 heavy (non-hydrogen) atoms. The molecule has 1 fully saturated rings. The van der Waals surface area contributed by atoms with Crippen LogP contribution in [0.3, 0.4) is 0 Å². The third kappa shape index (κ3) is 1.95. The molecular weight excluding hydrogens is 160 g/mol. The Labute approximate surface area is 71.5 Å². The van der Waals surface area contributed by atoms with E-state index in [1.165, 1.54) is 0 Å². The van der Waals surface area contributed by atoms with E-state index in [0.717, 1.165) is 0 Å². The fraction of sp³-hybridized carbons (Fsp3) is 0.875. The second-order valence-electron chi connectivity index (χ2n) is 3.61. The maximum absolute atomic E-state index is 11.3. The number of aliphatic hydroxyl groups excluding tert-OH is 1. The Balaban J connectivity index is 2.35. The molecule has 1 saturated heterocycles. The Morgan fingerprint density at radius 2 is 2.25 bits per heavy atom. The van der Waals surface area contributed by atoms with Gasteiger partial charge in [0, 0.05) is 0 Å². The molecule has 1 aliphatic heterocycles. The van der Waals surface area contributed by atoms with Crippen molar-refractivity contribution in [3.63, 3.8) is 0 Å². The van der Waals surface area contributed by atoms with Crippen molar-refractivity contribution >= 4 is 5.97 Å². The van der Waals surface area contributed by atoms with E-state index in [4.69, 9.17) is 14.6 Å². The first-order chi connectivity index (χ1) is 5.56. The SMILES string of the molecule is CC(C)(CO)C(=O)OC1COC1. The number of aliphatic hydroxyl groups is 1. The van der Waals surface area contributed by atoms with Crippen LogP contribution in [0.15, 0.2) is 0 Å². The minimum atomic E-state index is -0.796. The molecule has 0 spiro atoms. The topological polar surface area (TPSA) is 55.8 Å². The molecular formula is C8H14O4. The van der Waals surface area contributed by atoms with Crippen LogP contribution in [-0.4, -0.2) is 37.0 Å². The standard InChI is InChI=1S/C8H14O4/c1-8(2,5-9)7(10)12-6-3-11-4-6/h6,9H,3-5H2,1-2H3. The Hall–Kier alpha value is -0.610. The Kier molecular flexibility index (Phi) is 2.69. The molecule has 0 amide bonds. The van der Waals surface area contributed by atoms with Crippen LogP contribution in [0.2, 0.25) is 0 Å². The van der Waals surface area contributed by atoms with Crippen molar-refractivity contribution in [2.75, 3.05) is 19.8 Å². The van der Waals surface area contributed by atoms with Gasteiger partial charge in [0.15, 0.2) is 0 Å². The average Bonchev–Trinajstić information content (AvgIpc) is 1.96. The fourth-order valence-corrected chi connectivity index (χ4v) is 0.658. The summed E-state index contributed by atoms with van der Waals surface area (Å²) in [7, 11) is 0. The van der Waals surface area contributed by atoms with Crippen LogP contribution in [-0.2, 0) is 14.3 Å². The molecule has 0 aromatic carbocycles. The molecule has 4 heteroatoms. The first kappa shape index (κ1) is 9.48. The minimum absolute atomic E-state index is 0.108. The molecule has 1 rings (SSSR count). The zero-order chi connectivity index (χ0) is 9.19. The zero-order valence-electron chi connectivity index (χ0n) is 7.37. The van der Waals surface area contributed by atoms with Crippen molar-refractivity contribution in [1.29, 1.82) is 0 Å². The lowest BCUT2D eigenvalue weighted by molar-refractivity contribution is -0.183. The van der Waals surface area contributed by atoms with Gasteiger partial charge in [-0.15, -0.1) is 0 Å². The normalized spacial score (nSPS) is 18.6. The lowest BCUT2D eigenvalue weighted by atomic mass is 9.95.